The molecule has 1 aromatic heterocycles. The van der Waals surface area contributed by atoms with Crippen molar-refractivity contribution in [2.24, 2.45) is 0 Å². The van der Waals surface area contributed by atoms with E-state index in [0.29, 0.717) is 31.3 Å². The second-order valence-corrected chi connectivity index (χ2v) is 7.60. The Labute approximate surface area is 136 Å². The van der Waals surface area contributed by atoms with Crippen LogP contribution in [0, 0.1) is 0 Å². The highest BCUT2D eigenvalue weighted by Gasteiger charge is 2.23. The van der Waals surface area contributed by atoms with Gasteiger partial charge in [0.25, 0.3) is 0 Å². The summed E-state index contributed by atoms with van der Waals surface area (Å²) < 4.78 is 30.2. The SMILES string of the molecule is CS(=O)(=O)N1CCN(CCc2nnc(-c3ccccc3)o2)CC1. The van der Waals surface area contributed by atoms with Crippen LogP contribution in [0.25, 0.3) is 11.5 Å². The van der Waals surface area contributed by atoms with E-state index in [4.69, 9.17) is 4.42 Å². The Hall–Kier alpha value is -1.77. The van der Waals surface area contributed by atoms with Crippen LogP contribution in [0.15, 0.2) is 34.7 Å². The predicted molar refractivity (Wildman–Crippen MR) is 86.3 cm³/mol. The minimum Gasteiger partial charge on any atom is -0.421 e. The van der Waals surface area contributed by atoms with Gasteiger partial charge >= 0.3 is 0 Å². The highest BCUT2D eigenvalue weighted by molar-refractivity contribution is 7.88. The lowest BCUT2D eigenvalue weighted by Crippen LogP contribution is -2.48. The van der Waals surface area contributed by atoms with E-state index in [1.165, 1.54) is 10.6 Å². The van der Waals surface area contributed by atoms with Crippen LogP contribution in [-0.4, -0.2) is 66.8 Å². The summed E-state index contributed by atoms with van der Waals surface area (Å²) in [5.41, 5.74) is 0.910. The third-order valence-electron chi connectivity index (χ3n) is 3.93. The molecule has 2 heterocycles. The second kappa shape index (κ2) is 6.77. The van der Waals surface area contributed by atoms with Gasteiger partial charge in [0.1, 0.15) is 0 Å². The molecule has 23 heavy (non-hydrogen) atoms. The Morgan fingerprint density at radius 1 is 1.09 bits per heavy atom. The first-order valence-corrected chi connectivity index (χ1v) is 9.42. The fourth-order valence-corrected chi connectivity index (χ4v) is 3.42. The highest BCUT2D eigenvalue weighted by Crippen LogP contribution is 2.17. The van der Waals surface area contributed by atoms with Gasteiger partial charge < -0.3 is 9.32 Å². The van der Waals surface area contributed by atoms with E-state index in [1.807, 2.05) is 30.3 Å². The van der Waals surface area contributed by atoms with Crippen LogP contribution in [0.3, 0.4) is 0 Å². The van der Waals surface area contributed by atoms with Crippen LogP contribution in [0.1, 0.15) is 5.89 Å². The van der Waals surface area contributed by atoms with Crippen molar-refractivity contribution in [3.8, 4) is 11.5 Å². The Kier molecular flexibility index (Phi) is 4.74. The zero-order valence-electron chi connectivity index (χ0n) is 13.1. The number of sulfonamides is 1. The lowest BCUT2D eigenvalue weighted by atomic mass is 10.2. The molecular weight excluding hydrogens is 316 g/mol. The molecule has 3 rings (SSSR count). The van der Waals surface area contributed by atoms with Gasteiger partial charge in [-0.25, -0.2) is 8.42 Å². The van der Waals surface area contributed by atoms with Crippen molar-refractivity contribution >= 4 is 10.0 Å². The fraction of sp³-hybridized carbons (Fsp3) is 0.467. The van der Waals surface area contributed by atoms with Gasteiger partial charge in [0.15, 0.2) is 0 Å². The van der Waals surface area contributed by atoms with E-state index < -0.39 is 10.0 Å². The molecule has 0 saturated carbocycles. The number of rotatable bonds is 5. The summed E-state index contributed by atoms with van der Waals surface area (Å²) in [6.45, 7) is 3.32. The maximum Gasteiger partial charge on any atom is 0.247 e. The average molecular weight is 336 g/mol. The second-order valence-electron chi connectivity index (χ2n) is 5.62. The van der Waals surface area contributed by atoms with Gasteiger partial charge in [0, 0.05) is 44.7 Å². The molecule has 1 aliphatic rings. The minimum absolute atomic E-state index is 0.530. The molecule has 0 bridgehead atoms. The van der Waals surface area contributed by atoms with E-state index in [-0.39, 0.29) is 0 Å². The third kappa shape index (κ3) is 4.15. The molecule has 0 atom stereocenters. The topological polar surface area (TPSA) is 79.5 Å². The van der Waals surface area contributed by atoms with Gasteiger partial charge in [0.2, 0.25) is 21.8 Å². The molecule has 0 N–H and O–H groups in total. The molecule has 0 unspecified atom stereocenters. The van der Waals surface area contributed by atoms with E-state index >= 15 is 0 Å². The van der Waals surface area contributed by atoms with Gasteiger partial charge in [-0.2, -0.15) is 4.31 Å². The van der Waals surface area contributed by atoms with Crippen molar-refractivity contribution in [2.45, 2.75) is 6.42 Å². The lowest BCUT2D eigenvalue weighted by molar-refractivity contribution is 0.187. The van der Waals surface area contributed by atoms with Crippen molar-refractivity contribution in [3.63, 3.8) is 0 Å². The number of benzene rings is 1. The van der Waals surface area contributed by atoms with Crippen LogP contribution in [-0.2, 0) is 16.4 Å². The number of nitrogens with zero attached hydrogens (tertiary/aromatic N) is 4. The van der Waals surface area contributed by atoms with Gasteiger partial charge in [-0.15, -0.1) is 10.2 Å². The molecule has 0 spiro atoms. The first-order chi connectivity index (χ1) is 11.0. The molecule has 0 amide bonds. The Bertz CT molecular complexity index is 737. The Balaban J connectivity index is 1.51. The minimum atomic E-state index is -3.08. The average Bonchev–Trinajstić information content (AvgIpc) is 3.02. The zero-order chi connectivity index (χ0) is 16.3. The van der Waals surface area contributed by atoms with Crippen LogP contribution in [0.4, 0.5) is 0 Å². The van der Waals surface area contributed by atoms with E-state index in [0.717, 1.165) is 25.2 Å². The molecule has 2 aromatic rings. The normalized spacial score (nSPS) is 17.4. The zero-order valence-corrected chi connectivity index (χ0v) is 13.9. The van der Waals surface area contributed by atoms with E-state index in [2.05, 4.69) is 15.1 Å². The molecule has 124 valence electrons. The molecule has 8 heteroatoms. The number of piperazine rings is 1. The van der Waals surface area contributed by atoms with Gasteiger partial charge in [-0.3, -0.25) is 0 Å². The number of hydrogen-bond acceptors (Lipinski definition) is 6. The van der Waals surface area contributed by atoms with Crippen molar-refractivity contribution in [2.75, 3.05) is 39.0 Å². The predicted octanol–water partition coefficient (Wildman–Crippen LogP) is 0.856. The summed E-state index contributed by atoms with van der Waals surface area (Å²) in [4.78, 5) is 2.22. The van der Waals surface area contributed by atoms with E-state index in [1.54, 1.807) is 0 Å². The molecular formula is C15H20N4O3S. The summed E-state index contributed by atoms with van der Waals surface area (Å²) in [6, 6.07) is 9.67. The van der Waals surface area contributed by atoms with Crippen molar-refractivity contribution in [3.05, 3.63) is 36.2 Å². The van der Waals surface area contributed by atoms with Crippen molar-refractivity contribution in [1.29, 1.82) is 0 Å². The van der Waals surface area contributed by atoms with Gasteiger partial charge in [0.05, 0.1) is 6.26 Å². The maximum absolute atomic E-state index is 11.5. The Morgan fingerprint density at radius 2 is 1.78 bits per heavy atom. The molecule has 1 fully saturated rings. The van der Waals surface area contributed by atoms with E-state index in [9.17, 15) is 8.42 Å². The largest absolute Gasteiger partial charge is 0.421 e. The number of aromatic nitrogens is 2. The van der Waals surface area contributed by atoms with Crippen molar-refractivity contribution in [1.82, 2.24) is 19.4 Å². The molecule has 0 aliphatic carbocycles. The highest BCUT2D eigenvalue weighted by atomic mass is 32.2. The van der Waals surface area contributed by atoms with Crippen LogP contribution in [0.5, 0.6) is 0 Å². The quantitative estimate of drug-likeness (QED) is 0.806. The summed E-state index contributed by atoms with van der Waals surface area (Å²) in [5.74, 6) is 1.14. The number of hydrogen-bond donors (Lipinski definition) is 0. The van der Waals surface area contributed by atoms with Crippen LogP contribution in [0.2, 0.25) is 0 Å². The lowest BCUT2D eigenvalue weighted by Gasteiger charge is -2.32. The van der Waals surface area contributed by atoms with Crippen LogP contribution >= 0.6 is 0 Å². The first kappa shape index (κ1) is 16.1. The molecule has 7 nitrogen and oxygen atoms in total. The summed E-state index contributed by atoms with van der Waals surface area (Å²) in [5, 5.41) is 8.15. The van der Waals surface area contributed by atoms with Gasteiger partial charge in [-0.05, 0) is 12.1 Å². The standard InChI is InChI=1S/C15H20N4O3S/c1-23(20,21)19-11-9-18(10-12-19)8-7-14-16-17-15(22-14)13-5-3-2-4-6-13/h2-6H,7-12H2,1H3. The fourth-order valence-electron chi connectivity index (χ4n) is 2.59. The third-order valence-corrected chi connectivity index (χ3v) is 5.23. The maximum atomic E-state index is 11.5. The summed E-state index contributed by atoms with van der Waals surface area (Å²) in [6.07, 6.45) is 1.92. The first-order valence-electron chi connectivity index (χ1n) is 7.57. The van der Waals surface area contributed by atoms with Crippen molar-refractivity contribution < 1.29 is 12.8 Å². The monoisotopic (exact) mass is 336 g/mol. The molecule has 1 saturated heterocycles. The van der Waals surface area contributed by atoms with Gasteiger partial charge in [-0.1, -0.05) is 18.2 Å². The Morgan fingerprint density at radius 3 is 2.43 bits per heavy atom. The molecule has 0 radical (unpaired) electrons. The van der Waals surface area contributed by atoms with Crippen LogP contribution < -0.4 is 0 Å². The molecule has 1 aromatic carbocycles. The summed E-state index contributed by atoms with van der Waals surface area (Å²) in [7, 11) is -3.08. The summed E-state index contributed by atoms with van der Waals surface area (Å²) >= 11 is 0. The molecule has 1 aliphatic heterocycles. The smallest absolute Gasteiger partial charge is 0.247 e.